The normalized spacial score (nSPS) is 10.5. The van der Waals surface area contributed by atoms with E-state index in [9.17, 15) is 0 Å². The van der Waals surface area contributed by atoms with E-state index in [0.29, 0.717) is 6.54 Å². The number of nitrogens with one attached hydrogen (secondary N) is 2. The number of aryl methyl sites for hydroxylation is 1. The van der Waals surface area contributed by atoms with Crippen LogP contribution in [0.15, 0.2) is 17.0 Å². The van der Waals surface area contributed by atoms with Crippen LogP contribution in [0.5, 0.6) is 0 Å². The third-order valence-corrected chi connectivity index (χ3v) is 3.37. The van der Waals surface area contributed by atoms with Crippen molar-refractivity contribution in [1.82, 2.24) is 15.0 Å². The molecule has 0 aliphatic heterocycles. The zero-order chi connectivity index (χ0) is 14.2. The highest BCUT2D eigenvalue weighted by Gasteiger charge is 2.04. The Labute approximate surface area is 123 Å². The largest absolute Gasteiger partial charge is 0.370 e. The van der Waals surface area contributed by atoms with Crippen molar-refractivity contribution in [3.63, 3.8) is 0 Å². The van der Waals surface area contributed by atoms with Crippen LogP contribution in [0.1, 0.15) is 38.2 Å². The van der Waals surface area contributed by atoms with Crippen molar-refractivity contribution in [1.29, 1.82) is 0 Å². The number of nitrogens with zero attached hydrogens (tertiary/aromatic N) is 3. The second-order valence-corrected chi connectivity index (χ2v) is 5.28. The standard InChI is InChI=1S/C14H21N5S/c1-3-5-12-18-13(15-6-4-2)7-14(19-12)16-8-11-9-20-10-17-11/h7,9-10H,3-6,8H2,1-2H3,(H2,15,16,18,19). The van der Waals surface area contributed by atoms with Crippen molar-refractivity contribution in [3.8, 4) is 0 Å². The van der Waals surface area contributed by atoms with Gasteiger partial charge in [-0.1, -0.05) is 13.8 Å². The van der Waals surface area contributed by atoms with Gasteiger partial charge in [-0.05, 0) is 12.8 Å². The molecule has 0 amide bonds. The summed E-state index contributed by atoms with van der Waals surface area (Å²) in [5.41, 5.74) is 2.88. The van der Waals surface area contributed by atoms with Crippen LogP contribution in [-0.2, 0) is 13.0 Å². The van der Waals surface area contributed by atoms with Gasteiger partial charge in [-0.2, -0.15) is 0 Å². The lowest BCUT2D eigenvalue weighted by Crippen LogP contribution is -2.09. The first-order chi connectivity index (χ1) is 9.81. The summed E-state index contributed by atoms with van der Waals surface area (Å²) < 4.78 is 0. The number of hydrogen-bond donors (Lipinski definition) is 2. The zero-order valence-corrected chi connectivity index (χ0v) is 12.8. The van der Waals surface area contributed by atoms with E-state index in [1.54, 1.807) is 11.3 Å². The molecule has 0 aliphatic carbocycles. The Hall–Kier alpha value is -1.69. The quantitative estimate of drug-likeness (QED) is 0.781. The molecule has 0 unspecified atom stereocenters. The molecule has 0 aromatic carbocycles. The molecule has 0 fully saturated rings. The Bertz CT molecular complexity index is 512. The molecule has 0 bridgehead atoms. The topological polar surface area (TPSA) is 62.7 Å². The third kappa shape index (κ3) is 4.45. The average molecular weight is 291 g/mol. The van der Waals surface area contributed by atoms with Gasteiger partial charge in [-0.3, -0.25) is 0 Å². The molecule has 0 saturated heterocycles. The molecule has 2 heterocycles. The summed E-state index contributed by atoms with van der Waals surface area (Å²) in [6.45, 7) is 5.90. The molecule has 0 atom stereocenters. The Morgan fingerprint density at radius 3 is 2.55 bits per heavy atom. The fourth-order valence-electron chi connectivity index (χ4n) is 1.77. The fraction of sp³-hybridized carbons (Fsp3) is 0.500. The monoisotopic (exact) mass is 291 g/mol. The van der Waals surface area contributed by atoms with Crippen LogP contribution in [0, 0.1) is 0 Å². The first-order valence-electron chi connectivity index (χ1n) is 7.04. The predicted molar refractivity (Wildman–Crippen MR) is 84.2 cm³/mol. The van der Waals surface area contributed by atoms with Crippen LogP contribution < -0.4 is 10.6 Å². The molecule has 2 aromatic heterocycles. The van der Waals surface area contributed by atoms with Crippen LogP contribution in [0.3, 0.4) is 0 Å². The van der Waals surface area contributed by atoms with Crippen molar-refractivity contribution in [2.24, 2.45) is 0 Å². The summed E-state index contributed by atoms with van der Waals surface area (Å²) in [5, 5.41) is 8.68. The van der Waals surface area contributed by atoms with Gasteiger partial charge in [-0.25, -0.2) is 15.0 Å². The second-order valence-electron chi connectivity index (χ2n) is 4.56. The molecule has 108 valence electrons. The van der Waals surface area contributed by atoms with Crippen LogP contribution in [0.4, 0.5) is 11.6 Å². The first kappa shape index (κ1) is 14.7. The van der Waals surface area contributed by atoms with Gasteiger partial charge >= 0.3 is 0 Å². The maximum atomic E-state index is 4.54. The minimum absolute atomic E-state index is 0.694. The van der Waals surface area contributed by atoms with Crippen molar-refractivity contribution in [2.75, 3.05) is 17.2 Å². The SMILES string of the molecule is CCCNc1cc(NCc2cscn2)nc(CCC)n1. The zero-order valence-electron chi connectivity index (χ0n) is 12.0. The molecule has 2 rings (SSSR count). The average Bonchev–Trinajstić information content (AvgIpc) is 2.96. The van der Waals surface area contributed by atoms with Gasteiger partial charge in [0.15, 0.2) is 0 Å². The molecule has 2 aromatic rings. The summed E-state index contributed by atoms with van der Waals surface area (Å²) in [6, 6.07) is 1.96. The molecule has 0 radical (unpaired) electrons. The van der Waals surface area contributed by atoms with Crippen LogP contribution in [-0.4, -0.2) is 21.5 Å². The second kappa shape index (κ2) is 7.79. The lowest BCUT2D eigenvalue weighted by Gasteiger charge is -2.10. The van der Waals surface area contributed by atoms with E-state index in [1.165, 1.54) is 0 Å². The first-order valence-corrected chi connectivity index (χ1v) is 7.98. The Morgan fingerprint density at radius 2 is 1.90 bits per heavy atom. The summed E-state index contributed by atoms with van der Waals surface area (Å²) in [5.74, 6) is 2.63. The molecule has 6 heteroatoms. The molecule has 0 aliphatic rings. The highest BCUT2D eigenvalue weighted by molar-refractivity contribution is 7.07. The molecule has 0 saturated carbocycles. The van der Waals surface area contributed by atoms with E-state index in [-0.39, 0.29) is 0 Å². The molecule has 5 nitrogen and oxygen atoms in total. The number of thiazole rings is 1. The fourth-order valence-corrected chi connectivity index (χ4v) is 2.33. The lowest BCUT2D eigenvalue weighted by atomic mass is 10.3. The molecule has 0 spiro atoms. The Kier molecular flexibility index (Phi) is 5.73. The van der Waals surface area contributed by atoms with Gasteiger partial charge in [0.2, 0.25) is 0 Å². The predicted octanol–water partition coefficient (Wildman–Crippen LogP) is 3.32. The number of anilines is 2. The smallest absolute Gasteiger partial charge is 0.133 e. The molecular formula is C14H21N5S. The van der Waals surface area contributed by atoms with Crippen LogP contribution in [0.25, 0.3) is 0 Å². The number of hydrogen-bond acceptors (Lipinski definition) is 6. The summed E-state index contributed by atoms with van der Waals surface area (Å²) >= 11 is 1.60. The highest BCUT2D eigenvalue weighted by Crippen LogP contribution is 2.14. The van der Waals surface area contributed by atoms with Crippen LogP contribution in [0.2, 0.25) is 0 Å². The minimum Gasteiger partial charge on any atom is -0.370 e. The maximum absolute atomic E-state index is 4.54. The lowest BCUT2D eigenvalue weighted by molar-refractivity contribution is 0.830. The van der Waals surface area contributed by atoms with E-state index in [0.717, 1.165) is 49.0 Å². The highest BCUT2D eigenvalue weighted by atomic mass is 32.1. The van der Waals surface area contributed by atoms with Gasteiger partial charge in [0.25, 0.3) is 0 Å². The summed E-state index contributed by atoms with van der Waals surface area (Å²) in [4.78, 5) is 13.3. The summed E-state index contributed by atoms with van der Waals surface area (Å²) in [7, 11) is 0. The molecule has 20 heavy (non-hydrogen) atoms. The van der Waals surface area contributed by atoms with Gasteiger partial charge in [0, 0.05) is 24.4 Å². The Morgan fingerprint density at radius 1 is 1.10 bits per heavy atom. The van der Waals surface area contributed by atoms with Gasteiger partial charge < -0.3 is 10.6 Å². The van der Waals surface area contributed by atoms with E-state index >= 15 is 0 Å². The Balaban J connectivity index is 2.06. The van der Waals surface area contributed by atoms with Crippen molar-refractivity contribution in [3.05, 3.63) is 28.5 Å². The van der Waals surface area contributed by atoms with Crippen molar-refractivity contribution < 1.29 is 0 Å². The van der Waals surface area contributed by atoms with Crippen molar-refractivity contribution in [2.45, 2.75) is 39.7 Å². The van der Waals surface area contributed by atoms with Crippen molar-refractivity contribution >= 4 is 23.0 Å². The minimum atomic E-state index is 0.694. The number of aromatic nitrogens is 3. The maximum Gasteiger partial charge on any atom is 0.133 e. The van der Waals surface area contributed by atoms with Gasteiger partial charge in [0.1, 0.15) is 17.5 Å². The van der Waals surface area contributed by atoms with Crippen LogP contribution >= 0.6 is 11.3 Å². The summed E-state index contributed by atoms with van der Waals surface area (Å²) in [6.07, 6.45) is 3.02. The van der Waals surface area contributed by atoms with Gasteiger partial charge in [-0.15, -0.1) is 11.3 Å². The number of rotatable bonds is 8. The van der Waals surface area contributed by atoms with E-state index < -0.39 is 0 Å². The van der Waals surface area contributed by atoms with Gasteiger partial charge in [0.05, 0.1) is 17.7 Å². The molecule has 2 N–H and O–H groups in total. The van der Waals surface area contributed by atoms with E-state index in [4.69, 9.17) is 0 Å². The molecular weight excluding hydrogens is 270 g/mol. The van der Waals surface area contributed by atoms with E-state index in [2.05, 4.69) is 39.4 Å². The third-order valence-electron chi connectivity index (χ3n) is 2.74. The van der Waals surface area contributed by atoms with E-state index in [1.807, 2.05) is 17.0 Å².